The molecule has 1 aliphatic carbocycles. The third kappa shape index (κ3) is 7.78. The first-order chi connectivity index (χ1) is 12.6. The second-order valence-corrected chi connectivity index (χ2v) is 8.54. The Morgan fingerprint density at radius 1 is 1.07 bits per heavy atom. The number of carbonyl (C=O) groups is 1. The van der Waals surface area contributed by atoms with Crippen molar-refractivity contribution in [1.29, 1.82) is 0 Å². The normalized spacial score (nSPS) is 20.0. The molecule has 3 nitrogen and oxygen atoms in total. The molecular weight excluding hydrogens is 332 g/mol. The summed E-state index contributed by atoms with van der Waals surface area (Å²) in [6.45, 7) is 10.8. The summed E-state index contributed by atoms with van der Waals surface area (Å²) in [5, 5.41) is 0. The van der Waals surface area contributed by atoms with Crippen LogP contribution in [0.1, 0.15) is 59.3 Å². The van der Waals surface area contributed by atoms with Gasteiger partial charge in [0.15, 0.2) is 0 Å². The van der Waals surface area contributed by atoms with Crippen LogP contribution in [0.2, 0.25) is 0 Å². The number of nitrogens with zero attached hydrogens (tertiary/aromatic N) is 2. The van der Waals surface area contributed by atoms with Crippen LogP contribution in [0, 0.1) is 11.8 Å². The van der Waals surface area contributed by atoms with Crippen molar-refractivity contribution in [2.75, 3.05) is 28.2 Å². The minimum Gasteiger partial charge on any atom is -0.381 e. The molecule has 1 amide bonds. The molecule has 2 atom stereocenters. The van der Waals surface area contributed by atoms with E-state index in [2.05, 4.69) is 50.5 Å². The van der Waals surface area contributed by atoms with Gasteiger partial charge in [-0.1, -0.05) is 41.5 Å². The highest BCUT2D eigenvalue weighted by molar-refractivity contribution is 5.79. The molecule has 0 aliphatic heterocycles. The Labute approximate surface area is 167 Å². The van der Waals surface area contributed by atoms with Crippen LogP contribution < -0.4 is 0 Å². The quantitative estimate of drug-likeness (QED) is 0.494. The number of hydrogen-bond acceptors (Lipinski definition) is 2. The lowest BCUT2D eigenvalue weighted by molar-refractivity contribution is -0.134. The fraction of sp³-hybridized carbons (Fsp3) is 0.625. The Hall–Kier alpha value is -1.77. The SMILES string of the molecule is C=C(C1CC(CC/C=C(\C)CCC=C(C)C)=CCC1C(=O)N(C)C)N(C)C. The summed E-state index contributed by atoms with van der Waals surface area (Å²) < 4.78 is 0. The summed E-state index contributed by atoms with van der Waals surface area (Å²) in [5.41, 5.74) is 5.40. The number of allylic oxidation sites excluding steroid dienone is 7. The molecule has 0 fully saturated rings. The van der Waals surface area contributed by atoms with Gasteiger partial charge in [0.25, 0.3) is 0 Å². The molecule has 0 heterocycles. The zero-order valence-electron chi connectivity index (χ0n) is 18.6. The van der Waals surface area contributed by atoms with E-state index in [1.807, 2.05) is 28.2 Å². The summed E-state index contributed by atoms with van der Waals surface area (Å²) in [5.74, 6) is 0.436. The number of rotatable bonds is 9. The predicted octanol–water partition coefficient (Wildman–Crippen LogP) is 5.58. The first-order valence-electron chi connectivity index (χ1n) is 10.2. The van der Waals surface area contributed by atoms with E-state index in [1.165, 1.54) is 16.7 Å². The zero-order valence-corrected chi connectivity index (χ0v) is 18.6. The van der Waals surface area contributed by atoms with E-state index < -0.39 is 0 Å². The van der Waals surface area contributed by atoms with E-state index in [4.69, 9.17) is 0 Å². The van der Waals surface area contributed by atoms with Gasteiger partial charge in [-0.05, 0) is 59.3 Å². The minimum atomic E-state index is 0.0139. The van der Waals surface area contributed by atoms with Crippen molar-refractivity contribution in [2.45, 2.75) is 59.3 Å². The second-order valence-electron chi connectivity index (χ2n) is 8.54. The third-order valence-electron chi connectivity index (χ3n) is 5.44. The van der Waals surface area contributed by atoms with Gasteiger partial charge >= 0.3 is 0 Å². The molecule has 0 bridgehead atoms. The molecule has 0 saturated heterocycles. The maximum atomic E-state index is 12.6. The lowest BCUT2D eigenvalue weighted by Gasteiger charge is -2.36. The zero-order chi connectivity index (χ0) is 20.6. The van der Waals surface area contributed by atoms with Crippen LogP contribution in [-0.2, 0) is 4.79 Å². The van der Waals surface area contributed by atoms with Crippen LogP contribution in [-0.4, -0.2) is 43.9 Å². The highest BCUT2D eigenvalue weighted by atomic mass is 16.2. The molecule has 1 aliphatic rings. The van der Waals surface area contributed by atoms with E-state index in [9.17, 15) is 4.79 Å². The van der Waals surface area contributed by atoms with Gasteiger partial charge in [0.1, 0.15) is 0 Å². The van der Waals surface area contributed by atoms with Gasteiger partial charge in [-0.2, -0.15) is 0 Å². The molecule has 0 radical (unpaired) electrons. The number of amides is 1. The highest BCUT2D eigenvalue weighted by Crippen LogP contribution is 2.37. The van der Waals surface area contributed by atoms with Gasteiger partial charge < -0.3 is 9.80 Å². The van der Waals surface area contributed by atoms with Crippen molar-refractivity contribution >= 4 is 5.91 Å². The first-order valence-corrected chi connectivity index (χ1v) is 10.2. The van der Waals surface area contributed by atoms with Crippen molar-refractivity contribution in [3.05, 3.63) is 47.2 Å². The molecule has 0 N–H and O–H groups in total. The topological polar surface area (TPSA) is 23.6 Å². The van der Waals surface area contributed by atoms with Crippen molar-refractivity contribution in [2.24, 2.45) is 11.8 Å². The van der Waals surface area contributed by atoms with Crippen LogP contribution in [0.15, 0.2) is 47.2 Å². The summed E-state index contributed by atoms with van der Waals surface area (Å²) in [6.07, 6.45) is 13.2. The fourth-order valence-corrected chi connectivity index (χ4v) is 3.65. The van der Waals surface area contributed by atoms with Gasteiger partial charge in [0.05, 0.1) is 5.92 Å². The largest absolute Gasteiger partial charge is 0.381 e. The van der Waals surface area contributed by atoms with Gasteiger partial charge in [-0.25, -0.2) is 0 Å². The van der Waals surface area contributed by atoms with Crippen molar-refractivity contribution in [1.82, 2.24) is 9.80 Å². The standard InChI is InChI=1S/C24H40N2O/c1-18(2)11-9-12-19(3)13-10-14-21-15-16-22(24(27)26(7)8)23(17-21)20(4)25(5)6/h11,13,15,22-23H,4,9-10,12,14,16-17H2,1-3,5-8H3/b19-13+. The summed E-state index contributed by atoms with van der Waals surface area (Å²) in [7, 11) is 7.74. The number of hydrogen-bond donors (Lipinski definition) is 0. The van der Waals surface area contributed by atoms with E-state index in [0.717, 1.165) is 44.2 Å². The van der Waals surface area contributed by atoms with Crippen molar-refractivity contribution in [3.8, 4) is 0 Å². The Morgan fingerprint density at radius 3 is 2.30 bits per heavy atom. The van der Waals surface area contributed by atoms with Crippen molar-refractivity contribution < 1.29 is 4.79 Å². The van der Waals surface area contributed by atoms with Crippen molar-refractivity contribution in [3.63, 3.8) is 0 Å². The lowest BCUT2D eigenvalue weighted by Crippen LogP contribution is -2.38. The van der Waals surface area contributed by atoms with Gasteiger partial charge in [-0.3, -0.25) is 4.79 Å². The Morgan fingerprint density at radius 2 is 1.74 bits per heavy atom. The Balaban J connectivity index is 2.71. The van der Waals surface area contributed by atoms with Crippen LogP contribution in [0.4, 0.5) is 0 Å². The first kappa shape index (κ1) is 23.3. The maximum absolute atomic E-state index is 12.6. The van der Waals surface area contributed by atoms with Crippen LogP contribution in [0.25, 0.3) is 0 Å². The molecule has 0 aromatic rings. The van der Waals surface area contributed by atoms with Crippen LogP contribution >= 0.6 is 0 Å². The van der Waals surface area contributed by atoms with Crippen LogP contribution in [0.5, 0.6) is 0 Å². The smallest absolute Gasteiger partial charge is 0.226 e. The molecule has 1 rings (SSSR count). The molecule has 3 heteroatoms. The average molecular weight is 373 g/mol. The van der Waals surface area contributed by atoms with Crippen LogP contribution in [0.3, 0.4) is 0 Å². The minimum absolute atomic E-state index is 0.0139. The summed E-state index contributed by atoms with van der Waals surface area (Å²) in [6, 6.07) is 0. The average Bonchev–Trinajstić information content (AvgIpc) is 2.59. The number of carbonyl (C=O) groups excluding carboxylic acids is 1. The molecule has 27 heavy (non-hydrogen) atoms. The molecule has 0 aromatic heterocycles. The van der Waals surface area contributed by atoms with Gasteiger partial charge in [0.2, 0.25) is 5.91 Å². The Bertz CT molecular complexity index is 604. The molecule has 0 aromatic carbocycles. The Kier molecular flexibility index (Phi) is 9.62. The maximum Gasteiger partial charge on any atom is 0.226 e. The fourth-order valence-electron chi connectivity index (χ4n) is 3.65. The predicted molar refractivity (Wildman–Crippen MR) is 117 cm³/mol. The third-order valence-corrected chi connectivity index (χ3v) is 5.44. The molecule has 0 spiro atoms. The van der Waals surface area contributed by atoms with E-state index in [1.54, 1.807) is 4.90 Å². The monoisotopic (exact) mass is 372 g/mol. The van der Waals surface area contributed by atoms with E-state index >= 15 is 0 Å². The van der Waals surface area contributed by atoms with E-state index in [0.29, 0.717) is 0 Å². The molecule has 0 saturated carbocycles. The van der Waals surface area contributed by atoms with Gasteiger partial charge in [-0.15, -0.1) is 0 Å². The molecule has 152 valence electrons. The van der Waals surface area contributed by atoms with Gasteiger partial charge in [0, 0.05) is 39.8 Å². The summed E-state index contributed by atoms with van der Waals surface area (Å²) in [4.78, 5) is 16.4. The molecular formula is C24H40N2O. The molecule has 2 unspecified atom stereocenters. The summed E-state index contributed by atoms with van der Waals surface area (Å²) >= 11 is 0. The lowest BCUT2D eigenvalue weighted by atomic mass is 9.76. The van der Waals surface area contributed by atoms with E-state index in [-0.39, 0.29) is 17.7 Å². The second kappa shape index (κ2) is 11.2. The highest BCUT2D eigenvalue weighted by Gasteiger charge is 2.34.